The van der Waals surface area contributed by atoms with Crippen molar-refractivity contribution in [1.82, 2.24) is 10.5 Å². The van der Waals surface area contributed by atoms with Crippen molar-refractivity contribution >= 4 is 11.9 Å². The molecule has 0 radical (unpaired) electrons. The summed E-state index contributed by atoms with van der Waals surface area (Å²) in [6.07, 6.45) is 0. The molecule has 1 aromatic carbocycles. The Morgan fingerprint density at radius 2 is 2.00 bits per heavy atom. The van der Waals surface area contributed by atoms with Crippen LogP contribution in [-0.2, 0) is 4.79 Å². The quantitative estimate of drug-likeness (QED) is 0.733. The summed E-state index contributed by atoms with van der Waals surface area (Å²) in [6.45, 7) is -0.708. The SMILES string of the molecule is O=C(NC(CO)C(=O)O)c1cc(-c2ccccc2)no1. The number of benzene rings is 1. The third-order valence-electron chi connectivity index (χ3n) is 2.59. The molecule has 7 nitrogen and oxygen atoms in total. The number of aromatic nitrogens is 1. The van der Waals surface area contributed by atoms with E-state index in [9.17, 15) is 9.59 Å². The zero-order valence-electron chi connectivity index (χ0n) is 10.3. The van der Waals surface area contributed by atoms with Gasteiger partial charge in [-0.1, -0.05) is 35.5 Å². The van der Waals surface area contributed by atoms with Crippen LogP contribution in [0.15, 0.2) is 40.9 Å². The molecule has 1 atom stereocenters. The van der Waals surface area contributed by atoms with Crippen LogP contribution in [0.4, 0.5) is 0 Å². The molecule has 20 heavy (non-hydrogen) atoms. The van der Waals surface area contributed by atoms with Crippen molar-refractivity contribution in [1.29, 1.82) is 0 Å². The summed E-state index contributed by atoms with van der Waals surface area (Å²) in [5, 5.41) is 23.4. The lowest BCUT2D eigenvalue weighted by Crippen LogP contribution is -2.43. The summed E-state index contributed by atoms with van der Waals surface area (Å²) in [5.74, 6) is -2.20. The van der Waals surface area contributed by atoms with Gasteiger partial charge in [-0.2, -0.15) is 0 Å². The minimum Gasteiger partial charge on any atom is -0.480 e. The van der Waals surface area contributed by atoms with Crippen molar-refractivity contribution in [2.75, 3.05) is 6.61 Å². The highest BCUT2D eigenvalue weighted by molar-refractivity contribution is 5.95. The minimum absolute atomic E-state index is 0.122. The monoisotopic (exact) mass is 276 g/mol. The largest absolute Gasteiger partial charge is 0.480 e. The van der Waals surface area contributed by atoms with E-state index in [-0.39, 0.29) is 5.76 Å². The number of aliphatic carboxylic acids is 1. The van der Waals surface area contributed by atoms with E-state index in [0.29, 0.717) is 5.69 Å². The molecule has 0 bridgehead atoms. The number of rotatable bonds is 5. The first-order valence-corrected chi connectivity index (χ1v) is 5.78. The van der Waals surface area contributed by atoms with E-state index >= 15 is 0 Å². The van der Waals surface area contributed by atoms with Gasteiger partial charge in [-0.3, -0.25) is 4.79 Å². The van der Waals surface area contributed by atoms with Gasteiger partial charge in [0.05, 0.1) is 6.61 Å². The van der Waals surface area contributed by atoms with Crippen LogP contribution < -0.4 is 5.32 Å². The smallest absolute Gasteiger partial charge is 0.328 e. The molecule has 1 amide bonds. The summed E-state index contributed by atoms with van der Waals surface area (Å²) in [5.41, 5.74) is 1.24. The molecule has 1 heterocycles. The Kier molecular flexibility index (Phi) is 4.11. The average molecular weight is 276 g/mol. The third-order valence-corrected chi connectivity index (χ3v) is 2.59. The molecule has 104 valence electrons. The van der Waals surface area contributed by atoms with Gasteiger partial charge >= 0.3 is 5.97 Å². The van der Waals surface area contributed by atoms with E-state index in [2.05, 4.69) is 10.5 Å². The highest BCUT2D eigenvalue weighted by Crippen LogP contribution is 2.18. The topological polar surface area (TPSA) is 113 Å². The van der Waals surface area contributed by atoms with E-state index < -0.39 is 24.5 Å². The van der Waals surface area contributed by atoms with Gasteiger partial charge in [0.25, 0.3) is 5.91 Å². The van der Waals surface area contributed by atoms with Gasteiger partial charge in [-0.25, -0.2) is 4.79 Å². The fraction of sp³-hybridized carbons (Fsp3) is 0.154. The fourth-order valence-corrected chi connectivity index (χ4v) is 1.54. The van der Waals surface area contributed by atoms with Gasteiger partial charge in [0.2, 0.25) is 5.76 Å². The van der Waals surface area contributed by atoms with Crippen molar-refractivity contribution in [3.05, 3.63) is 42.2 Å². The standard InChI is InChI=1S/C13H12N2O5/c16-7-10(13(18)19)14-12(17)11-6-9(15-20-11)8-4-2-1-3-5-8/h1-6,10,16H,7H2,(H,14,17)(H,18,19). The fourth-order valence-electron chi connectivity index (χ4n) is 1.54. The predicted octanol–water partition coefficient (Wildman–Crippen LogP) is 0.517. The van der Waals surface area contributed by atoms with Gasteiger partial charge in [0, 0.05) is 11.6 Å². The van der Waals surface area contributed by atoms with Gasteiger partial charge in [0.15, 0.2) is 6.04 Å². The molecule has 0 aliphatic heterocycles. The van der Waals surface area contributed by atoms with Crippen LogP contribution in [0.2, 0.25) is 0 Å². The highest BCUT2D eigenvalue weighted by atomic mass is 16.5. The molecule has 2 aromatic rings. The van der Waals surface area contributed by atoms with Crippen molar-refractivity contribution in [3.8, 4) is 11.3 Å². The summed E-state index contributed by atoms with van der Waals surface area (Å²) in [4.78, 5) is 22.4. The van der Waals surface area contributed by atoms with E-state index in [0.717, 1.165) is 5.56 Å². The number of nitrogens with zero attached hydrogens (tertiary/aromatic N) is 1. The molecule has 0 saturated carbocycles. The predicted molar refractivity (Wildman–Crippen MR) is 67.9 cm³/mol. The normalized spacial score (nSPS) is 11.8. The van der Waals surface area contributed by atoms with Crippen molar-refractivity contribution < 1.29 is 24.3 Å². The van der Waals surface area contributed by atoms with Crippen molar-refractivity contribution in [2.45, 2.75) is 6.04 Å². The summed E-state index contributed by atoms with van der Waals surface area (Å²) in [6, 6.07) is 9.09. The Labute approximate surface area is 113 Å². The number of hydrogen-bond acceptors (Lipinski definition) is 5. The van der Waals surface area contributed by atoms with E-state index in [1.54, 1.807) is 12.1 Å². The number of aliphatic hydroxyl groups is 1. The van der Waals surface area contributed by atoms with Gasteiger partial charge < -0.3 is 20.1 Å². The van der Waals surface area contributed by atoms with Crippen LogP contribution in [0.25, 0.3) is 11.3 Å². The van der Waals surface area contributed by atoms with E-state index in [1.165, 1.54) is 6.07 Å². The van der Waals surface area contributed by atoms with Crippen LogP contribution >= 0.6 is 0 Å². The molecule has 0 aliphatic carbocycles. The maximum Gasteiger partial charge on any atom is 0.328 e. The van der Waals surface area contributed by atoms with Crippen LogP contribution in [0.1, 0.15) is 10.6 Å². The van der Waals surface area contributed by atoms with E-state index in [4.69, 9.17) is 14.7 Å². The Morgan fingerprint density at radius 3 is 2.60 bits per heavy atom. The van der Waals surface area contributed by atoms with Gasteiger partial charge in [-0.15, -0.1) is 0 Å². The lowest BCUT2D eigenvalue weighted by Gasteiger charge is -2.09. The lowest BCUT2D eigenvalue weighted by molar-refractivity contribution is -0.140. The molecule has 1 aromatic heterocycles. The summed E-state index contributed by atoms with van der Waals surface area (Å²) in [7, 11) is 0. The zero-order chi connectivity index (χ0) is 14.5. The maximum atomic E-state index is 11.7. The molecule has 0 spiro atoms. The Bertz CT molecular complexity index is 608. The Morgan fingerprint density at radius 1 is 1.30 bits per heavy atom. The molecule has 1 unspecified atom stereocenters. The summed E-state index contributed by atoms with van der Waals surface area (Å²) < 4.78 is 4.87. The first-order chi connectivity index (χ1) is 9.61. The first-order valence-electron chi connectivity index (χ1n) is 5.78. The molecule has 7 heteroatoms. The van der Waals surface area contributed by atoms with Crippen LogP contribution in [0, 0.1) is 0 Å². The number of carboxylic acid groups (broad SMARTS) is 1. The second-order valence-corrected chi connectivity index (χ2v) is 3.99. The molecule has 2 rings (SSSR count). The Balaban J connectivity index is 2.13. The number of nitrogens with one attached hydrogen (secondary N) is 1. The minimum atomic E-state index is -1.38. The highest BCUT2D eigenvalue weighted by Gasteiger charge is 2.22. The third kappa shape index (κ3) is 3.01. The summed E-state index contributed by atoms with van der Waals surface area (Å²) >= 11 is 0. The molecule has 3 N–H and O–H groups in total. The maximum absolute atomic E-state index is 11.7. The number of carbonyl (C=O) groups excluding carboxylic acids is 1. The lowest BCUT2D eigenvalue weighted by atomic mass is 10.1. The number of aliphatic hydroxyl groups excluding tert-OH is 1. The second-order valence-electron chi connectivity index (χ2n) is 3.99. The zero-order valence-corrected chi connectivity index (χ0v) is 10.3. The Hall–Kier alpha value is -2.67. The molecule has 0 saturated heterocycles. The van der Waals surface area contributed by atoms with Crippen LogP contribution in [0.5, 0.6) is 0 Å². The number of hydrogen-bond donors (Lipinski definition) is 3. The number of carbonyl (C=O) groups is 2. The first kappa shape index (κ1) is 13.8. The van der Waals surface area contributed by atoms with Crippen molar-refractivity contribution in [2.24, 2.45) is 0 Å². The molecule has 0 aliphatic rings. The molecular formula is C13H12N2O5. The second kappa shape index (κ2) is 5.98. The number of amides is 1. The van der Waals surface area contributed by atoms with E-state index in [1.807, 2.05) is 18.2 Å². The van der Waals surface area contributed by atoms with Crippen LogP contribution in [0.3, 0.4) is 0 Å². The van der Waals surface area contributed by atoms with Gasteiger partial charge in [-0.05, 0) is 0 Å². The van der Waals surface area contributed by atoms with Crippen molar-refractivity contribution in [3.63, 3.8) is 0 Å². The molecular weight excluding hydrogens is 264 g/mol. The average Bonchev–Trinajstić information content (AvgIpc) is 2.95. The van der Waals surface area contributed by atoms with Crippen LogP contribution in [-0.4, -0.2) is 39.9 Å². The molecule has 0 fully saturated rings. The van der Waals surface area contributed by atoms with Gasteiger partial charge in [0.1, 0.15) is 5.69 Å². The number of carboxylic acids is 1.